The van der Waals surface area contributed by atoms with Gasteiger partial charge in [0.05, 0.1) is 12.0 Å². The number of esters is 1. The lowest BCUT2D eigenvalue weighted by Gasteiger charge is -2.01. The number of fused-ring (bicyclic) bond motifs is 1. The van der Waals surface area contributed by atoms with E-state index in [0.29, 0.717) is 23.1 Å². The number of halogens is 1. The Morgan fingerprint density at radius 1 is 1.47 bits per heavy atom. The molecule has 0 bridgehead atoms. The summed E-state index contributed by atoms with van der Waals surface area (Å²) in [6.45, 7) is 4.10. The van der Waals surface area contributed by atoms with Gasteiger partial charge in [0.1, 0.15) is 21.2 Å². The number of aryl methyl sites for hydroxylation is 1. The molecule has 0 saturated heterocycles. The standard InChI is InChI=1S/C11H11ClN2O2S/c1-3-6-7-9(12)13-5-14-10(7)17-8(6)11(15)16-4-2/h5H,3-4H2,1-2H3. The highest BCUT2D eigenvalue weighted by Gasteiger charge is 2.20. The predicted molar refractivity (Wildman–Crippen MR) is 67.8 cm³/mol. The number of hydrogen-bond donors (Lipinski definition) is 0. The first kappa shape index (κ1) is 12.3. The van der Waals surface area contributed by atoms with Crippen LogP contribution in [0.2, 0.25) is 5.15 Å². The highest BCUT2D eigenvalue weighted by molar-refractivity contribution is 7.20. The molecule has 0 amide bonds. The summed E-state index contributed by atoms with van der Waals surface area (Å²) in [5, 5.41) is 1.16. The molecular weight excluding hydrogens is 260 g/mol. The Labute approximate surface area is 108 Å². The minimum Gasteiger partial charge on any atom is -0.462 e. The Kier molecular flexibility index (Phi) is 3.59. The van der Waals surface area contributed by atoms with Gasteiger partial charge in [0.15, 0.2) is 0 Å². The van der Waals surface area contributed by atoms with Crippen molar-refractivity contribution in [3.05, 3.63) is 21.9 Å². The molecular formula is C11H11ClN2O2S. The van der Waals surface area contributed by atoms with Crippen LogP contribution in [-0.4, -0.2) is 22.5 Å². The number of hydrogen-bond acceptors (Lipinski definition) is 5. The second-order valence-electron chi connectivity index (χ2n) is 3.33. The van der Waals surface area contributed by atoms with Crippen molar-refractivity contribution in [2.75, 3.05) is 6.61 Å². The minimum atomic E-state index is -0.316. The van der Waals surface area contributed by atoms with Gasteiger partial charge >= 0.3 is 5.97 Å². The first-order chi connectivity index (χ1) is 8.19. The van der Waals surface area contributed by atoms with E-state index in [1.165, 1.54) is 17.7 Å². The Bertz CT molecular complexity index is 568. The maximum atomic E-state index is 11.8. The van der Waals surface area contributed by atoms with Crippen molar-refractivity contribution in [3.63, 3.8) is 0 Å². The molecule has 90 valence electrons. The number of thiophene rings is 1. The number of aromatic nitrogens is 2. The average molecular weight is 271 g/mol. The van der Waals surface area contributed by atoms with Gasteiger partial charge in [-0.2, -0.15) is 0 Å². The van der Waals surface area contributed by atoms with E-state index >= 15 is 0 Å². The maximum absolute atomic E-state index is 11.8. The Morgan fingerprint density at radius 2 is 2.24 bits per heavy atom. The van der Waals surface area contributed by atoms with Gasteiger partial charge in [-0.05, 0) is 18.9 Å². The van der Waals surface area contributed by atoms with E-state index in [2.05, 4.69) is 9.97 Å². The van der Waals surface area contributed by atoms with E-state index in [4.69, 9.17) is 16.3 Å². The SMILES string of the molecule is CCOC(=O)c1sc2ncnc(Cl)c2c1CC. The smallest absolute Gasteiger partial charge is 0.348 e. The normalized spacial score (nSPS) is 10.8. The zero-order valence-electron chi connectivity index (χ0n) is 9.49. The van der Waals surface area contributed by atoms with Crippen LogP contribution in [0.15, 0.2) is 6.33 Å². The fraction of sp³-hybridized carbons (Fsp3) is 0.364. The lowest BCUT2D eigenvalue weighted by Crippen LogP contribution is -2.04. The molecule has 2 aromatic rings. The van der Waals surface area contributed by atoms with Crippen molar-refractivity contribution in [1.29, 1.82) is 0 Å². The van der Waals surface area contributed by atoms with E-state index in [1.807, 2.05) is 6.92 Å². The van der Waals surface area contributed by atoms with Crippen LogP contribution >= 0.6 is 22.9 Å². The van der Waals surface area contributed by atoms with Crippen molar-refractivity contribution in [2.45, 2.75) is 20.3 Å². The van der Waals surface area contributed by atoms with Gasteiger partial charge in [0.2, 0.25) is 0 Å². The second-order valence-corrected chi connectivity index (χ2v) is 4.69. The predicted octanol–water partition coefficient (Wildman–Crippen LogP) is 3.08. The van der Waals surface area contributed by atoms with Crippen LogP contribution in [0.3, 0.4) is 0 Å². The van der Waals surface area contributed by atoms with Crippen molar-refractivity contribution >= 4 is 39.1 Å². The van der Waals surface area contributed by atoms with Crippen LogP contribution in [-0.2, 0) is 11.2 Å². The zero-order valence-corrected chi connectivity index (χ0v) is 11.1. The van der Waals surface area contributed by atoms with Crippen LogP contribution in [0.1, 0.15) is 29.1 Å². The van der Waals surface area contributed by atoms with Gasteiger partial charge in [-0.25, -0.2) is 14.8 Å². The fourth-order valence-electron chi connectivity index (χ4n) is 1.65. The minimum absolute atomic E-state index is 0.316. The summed E-state index contributed by atoms with van der Waals surface area (Å²) in [4.78, 5) is 21.2. The molecule has 0 radical (unpaired) electrons. The van der Waals surface area contributed by atoms with Gasteiger partial charge in [-0.3, -0.25) is 0 Å². The summed E-state index contributed by atoms with van der Waals surface area (Å²) in [6, 6.07) is 0. The molecule has 6 heteroatoms. The number of carbonyl (C=O) groups is 1. The maximum Gasteiger partial charge on any atom is 0.348 e. The summed E-state index contributed by atoms with van der Waals surface area (Å²) in [7, 11) is 0. The summed E-state index contributed by atoms with van der Waals surface area (Å²) in [5.41, 5.74) is 0.869. The first-order valence-electron chi connectivity index (χ1n) is 5.28. The molecule has 17 heavy (non-hydrogen) atoms. The van der Waals surface area contributed by atoms with E-state index in [9.17, 15) is 4.79 Å². The molecule has 0 aliphatic heterocycles. The molecule has 0 aromatic carbocycles. The summed E-state index contributed by atoms with van der Waals surface area (Å²) >= 11 is 7.34. The van der Waals surface area contributed by atoms with Crippen LogP contribution in [0.4, 0.5) is 0 Å². The molecule has 0 N–H and O–H groups in total. The van der Waals surface area contributed by atoms with E-state index in [1.54, 1.807) is 6.92 Å². The lowest BCUT2D eigenvalue weighted by molar-refractivity contribution is 0.0531. The third-order valence-electron chi connectivity index (χ3n) is 2.36. The van der Waals surface area contributed by atoms with Gasteiger partial charge in [-0.1, -0.05) is 18.5 Å². The number of nitrogens with zero attached hydrogens (tertiary/aromatic N) is 2. The van der Waals surface area contributed by atoms with Crippen LogP contribution in [0.5, 0.6) is 0 Å². The largest absolute Gasteiger partial charge is 0.462 e. The molecule has 4 nitrogen and oxygen atoms in total. The Morgan fingerprint density at radius 3 is 2.88 bits per heavy atom. The highest BCUT2D eigenvalue weighted by Crippen LogP contribution is 2.34. The Hall–Kier alpha value is -1.20. The van der Waals surface area contributed by atoms with Crippen LogP contribution in [0, 0.1) is 0 Å². The lowest BCUT2D eigenvalue weighted by atomic mass is 10.1. The molecule has 0 unspecified atom stereocenters. The zero-order chi connectivity index (χ0) is 12.4. The molecule has 2 rings (SSSR count). The topological polar surface area (TPSA) is 52.1 Å². The third-order valence-corrected chi connectivity index (χ3v) is 3.76. The van der Waals surface area contributed by atoms with Crippen molar-refractivity contribution in [2.24, 2.45) is 0 Å². The average Bonchev–Trinajstić information content (AvgIpc) is 2.69. The number of rotatable bonds is 3. The molecule has 0 atom stereocenters. The molecule has 0 spiro atoms. The summed E-state index contributed by atoms with van der Waals surface area (Å²) in [6.07, 6.45) is 2.09. The van der Waals surface area contributed by atoms with Crippen molar-refractivity contribution in [1.82, 2.24) is 9.97 Å². The van der Waals surface area contributed by atoms with Gasteiger partial charge in [0, 0.05) is 0 Å². The van der Waals surface area contributed by atoms with E-state index in [-0.39, 0.29) is 5.97 Å². The monoisotopic (exact) mass is 270 g/mol. The van der Waals surface area contributed by atoms with Crippen molar-refractivity contribution < 1.29 is 9.53 Å². The van der Waals surface area contributed by atoms with Crippen LogP contribution < -0.4 is 0 Å². The van der Waals surface area contributed by atoms with Gasteiger partial charge < -0.3 is 4.74 Å². The number of ether oxygens (including phenoxy) is 1. The molecule has 0 aliphatic rings. The molecule has 2 aromatic heterocycles. The molecule has 0 aliphatic carbocycles. The quantitative estimate of drug-likeness (QED) is 0.635. The summed E-state index contributed by atoms with van der Waals surface area (Å²) < 4.78 is 5.02. The third kappa shape index (κ3) is 2.12. The summed E-state index contributed by atoms with van der Waals surface area (Å²) in [5.74, 6) is -0.316. The van der Waals surface area contributed by atoms with Gasteiger partial charge in [0.25, 0.3) is 0 Å². The number of carbonyl (C=O) groups excluding carboxylic acids is 1. The molecule has 0 fully saturated rings. The van der Waals surface area contributed by atoms with Crippen molar-refractivity contribution in [3.8, 4) is 0 Å². The van der Waals surface area contributed by atoms with E-state index < -0.39 is 0 Å². The van der Waals surface area contributed by atoms with Gasteiger partial charge in [-0.15, -0.1) is 11.3 Å². The van der Waals surface area contributed by atoms with E-state index in [0.717, 1.165) is 15.8 Å². The molecule has 0 saturated carbocycles. The Balaban J connectivity index is 2.64. The second kappa shape index (κ2) is 4.98. The highest BCUT2D eigenvalue weighted by atomic mass is 35.5. The fourth-order valence-corrected chi connectivity index (χ4v) is 3.08. The molecule has 2 heterocycles. The van der Waals surface area contributed by atoms with Crippen LogP contribution in [0.25, 0.3) is 10.2 Å². The first-order valence-corrected chi connectivity index (χ1v) is 6.47.